The molecule has 3 aliphatic heterocycles. The van der Waals surface area contributed by atoms with Crippen LogP contribution in [0.5, 0.6) is 0 Å². The van der Waals surface area contributed by atoms with Gasteiger partial charge in [-0.3, -0.25) is 14.4 Å². The quantitative estimate of drug-likeness (QED) is 0.260. The average Bonchev–Trinajstić information content (AvgIpc) is 3.43. The highest BCUT2D eigenvalue weighted by atomic mass is 79.9. The number of halogens is 1. The second-order valence-electron chi connectivity index (χ2n) is 9.76. The summed E-state index contributed by atoms with van der Waals surface area (Å²) in [6, 6.07) is -0.753. The van der Waals surface area contributed by atoms with E-state index in [9.17, 15) is 19.5 Å². The summed E-state index contributed by atoms with van der Waals surface area (Å²) in [6.07, 6.45) is 8.62. The first kappa shape index (κ1) is 25.4. The molecular weight excluding hydrogens is 504 g/mol. The monoisotopic (exact) mass is 538 g/mol. The number of carbonyl (C=O) groups is 3. The van der Waals surface area contributed by atoms with Crippen LogP contribution in [0.25, 0.3) is 0 Å². The first-order valence-corrected chi connectivity index (χ1v) is 13.2. The van der Waals surface area contributed by atoms with Gasteiger partial charge in [-0.25, -0.2) is 0 Å². The van der Waals surface area contributed by atoms with Crippen LogP contribution in [0.1, 0.15) is 44.9 Å². The topological polar surface area (TPSA) is 96.4 Å². The zero-order valence-corrected chi connectivity index (χ0v) is 21.2. The highest BCUT2D eigenvalue weighted by Crippen LogP contribution is 2.60. The van der Waals surface area contributed by atoms with Crippen LogP contribution in [-0.4, -0.2) is 87.6 Å². The predicted molar refractivity (Wildman–Crippen MR) is 129 cm³/mol. The summed E-state index contributed by atoms with van der Waals surface area (Å²) in [5, 5.41) is 9.48. The number of aliphatic hydroxyl groups excluding tert-OH is 1. The molecule has 9 heteroatoms. The highest BCUT2D eigenvalue weighted by molar-refractivity contribution is 9.09. The number of alkyl halides is 1. The van der Waals surface area contributed by atoms with Crippen molar-refractivity contribution in [3.05, 3.63) is 25.3 Å². The summed E-state index contributed by atoms with van der Waals surface area (Å²) >= 11 is 3.65. The van der Waals surface area contributed by atoms with Crippen LogP contribution >= 0.6 is 15.9 Å². The van der Waals surface area contributed by atoms with Crippen molar-refractivity contribution in [2.45, 2.75) is 73.6 Å². The molecule has 3 heterocycles. The Labute approximate surface area is 209 Å². The molecule has 2 amide bonds. The van der Waals surface area contributed by atoms with E-state index in [2.05, 4.69) is 29.1 Å². The summed E-state index contributed by atoms with van der Waals surface area (Å²) in [4.78, 5) is 44.3. The minimum Gasteiger partial charge on any atom is -0.461 e. The predicted octanol–water partition coefficient (Wildman–Crippen LogP) is 2.19. The van der Waals surface area contributed by atoms with E-state index in [0.29, 0.717) is 19.4 Å². The van der Waals surface area contributed by atoms with Gasteiger partial charge in [0.25, 0.3) is 0 Å². The third kappa shape index (κ3) is 4.13. The fraction of sp³-hybridized carbons (Fsp3) is 0.720. The van der Waals surface area contributed by atoms with Gasteiger partial charge < -0.3 is 24.4 Å². The summed E-state index contributed by atoms with van der Waals surface area (Å²) in [5.41, 5.74) is -1.10. The van der Waals surface area contributed by atoms with E-state index in [1.807, 2.05) is 4.90 Å². The molecule has 4 fully saturated rings. The molecule has 2 bridgehead atoms. The first-order chi connectivity index (χ1) is 16.4. The number of aliphatic hydroxyl groups is 1. The number of likely N-dealkylation sites (tertiary alicyclic amines) is 1. The van der Waals surface area contributed by atoms with E-state index in [-0.39, 0.29) is 42.4 Å². The highest BCUT2D eigenvalue weighted by Gasteiger charge is 2.77. The molecule has 0 aromatic carbocycles. The summed E-state index contributed by atoms with van der Waals surface area (Å²) in [7, 11) is 0. The van der Waals surface area contributed by atoms with Gasteiger partial charge >= 0.3 is 5.97 Å². The van der Waals surface area contributed by atoms with Crippen molar-refractivity contribution in [3.8, 4) is 0 Å². The average molecular weight is 539 g/mol. The van der Waals surface area contributed by atoms with Crippen molar-refractivity contribution in [1.29, 1.82) is 0 Å². The molecule has 6 atom stereocenters. The van der Waals surface area contributed by atoms with Crippen LogP contribution in [0, 0.1) is 11.8 Å². The molecule has 3 unspecified atom stereocenters. The zero-order chi connectivity index (χ0) is 24.5. The van der Waals surface area contributed by atoms with Crippen molar-refractivity contribution in [2.75, 3.05) is 26.3 Å². The minimum absolute atomic E-state index is 0.0499. The van der Waals surface area contributed by atoms with E-state index in [1.165, 1.54) is 6.08 Å². The molecule has 34 heavy (non-hydrogen) atoms. The van der Waals surface area contributed by atoms with Crippen molar-refractivity contribution < 1.29 is 29.0 Å². The molecule has 3 saturated heterocycles. The molecule has 188 valence electrons. The normalized spacial score (nSPS) is 34.7. The molecule has 4 rings (SSSR count). The Hall–Kier alpha value is -1.71. The second-order valence-corrected chi connectivity index (χ2v) is 10.9. The Morgan fingerprint density at radius 1 is 1.26 bits per heavy atom. The van der Waals surface area contributed by atoms with Crippen molar-refractivity contribution >= 4 is 33.7 Å². The fourth-order valence-electron chi connectivity index (χ4n) is 6.50. The van der Waals surface area contributed by atoms with Gasteiger partial charge in [0.2, 0.25) is 11.8 Å². The Balaban J connectivity index is 1.72. The number of amides is 2. The number of nitrogens with zero attached hydrogens (tertiary/aromatic N) is 2. The lowest BCUT2D eigenvalue weighted by Gasteiger charge is -2.41. The van der Waals surface area contributed by atoms with Crippen LogP contribution in [0.4, 0.5) is 0 Å². The van der Waals surface area contributed by atoms with Crippen molar-refractivity contribution in [2.24, 2.45) is 11.8 Å². The maximum Gasteiger partial charge on any atom is 0.312 e. The van der Waals surface area contributed by atoms with E-state index in [1.54, 1.807) is 11.0 Å². The molecule has 0 radical (unpaired) electrons. The second kappa shape index (κ2) is 10.5. The molecule has 1 saturated carbocycles. The number of esters is 1. The molecular formula is C25H35BrN2O6. The lowest BCUT2D eigenvalue weighted by atomic mass is 9.70. The van der Waals surface area contributed by atoms with Gasteiger partial charge in [0.05, 0.1) is 17.9 Å². The maximum atomic E-state index is 14.2. The zero-order valence-electron chi connectivity index (χ0n) is 19.6. The van der Waals surface area contributed by atoms with Crippen molar-refractivity contribution in [1.82, 2.24) is 9.80 Å². The third-order valence-corrected chi connectivity index (χ3v) is 8.66. The lowest BCUT2D eigenvalue weighted by Crippen LogP contribution is -2.58. The number of rotatable bonds is 10. The Morgan fingerprint density at radius 2 is 2.00 bits per heavy atom. The minimum atomic E-state index is -1.10. The van der Waals surface area contributed by atoms with Crippen LogP contribution < -0.4 is 0 Å². The Kier molecular flexibility index (Phi) is 7.84. The number of hydrogen-bond donors (Lipinski definition) is 1. The SMILES string of the molecule is C=CCOC(=O)[C@H]1[C@H]2C(=O)N(CCCO)C(C(=O)N(CC=C)C3CCCCC3)C23CC(Br)[C@@H]1O3. The number of carbonyl (C=O) groups excluding carboxylic acids is 3. The van der Waals surface area contributed by atoms with E-state index in [4.69, 9.17) is 9.47 Å². The standard InChI is InChI=1S/C25H35BrN2O6/c1-3-11-27(16-9-6-5-7-10-16)23(31)21-25-15-17(26)20(34-25)18(24(32)33-14-4-2)19(25)22(30)28(21)12-8-13-29/h3-4,16-21,29H,1-2,5-15H2/t17?,18-,19-,20-,21?,25?/m0/s1. The molecule has 1 aliphatic carbocycles. The molecule has 1 N–H and O–H groups in total. The van der Waals surface area contributed by atoms with Gasteiger partial charge in [0.15, 0.2) is 0 Å². The van der Waals surface area contributed by atoms with Crippen LogP contribution in [0.15, 0.2) is 25.3 Å². The smallest absolute Gasteiger partial charge is 0.312 e. The van der Waals surface area contributed by atoms with E-state index in [0.717, 1.165) is 32.1 Å². The molecule has 0 aromatic heterocycles. The number of ether oxygens (including phenoxy) is 2. The van der Waals surface area contributed by atoms with Crippen LogP contribution in [-0.2, 0) is 23.9 Å². The van der Waals surface area contributed by atoms with Gasteiger partial charge in [-0.15, -0.1) is 6.58 Å². The van der Waals surface area contributed by atoms with E-state index < -0.39 is 35.6 Å². The van der Waals surface area contributed by atoms with Gasteiger partial charge in [-0.05, 0) is 25.7 Å². The van der Waals surface area contributed by atoms with Gasteiger partial charge in [-0.1, -0.05) is 53.9 Å². The van der Waals surface area contributed by atoms with E-state index >= 15 is 0 Å². The Morgan fingerprint density at radius 3 is 2.65 bits per heavy atom. The summed E-state index contributed by atoms with van der Waals surface area (Å²) in [5.74, 6) is -2.49. The number of fused-ring (bicyclic) bond motifs is 1. The maximum absolute atomic E-state index is 14.2. The van der Waals surface area contributed by atoms with Crippen LogP contribution in [0.2, 0.25) is 0 Å². The third-order valence-electron chi connectivity index (χ3n) is 7.82. The lowest BCUT2D eigenvalue weighted by molar-refractivity contribution is -0.154. The first-order valence-electron chi connectivity index (χ1n) is 12.3. The van der Waals surface area contributed by atoms with Gasteiger partial charge in [0, 0.05) is 30.6 Å². The Bertz CT molecular complexity index is 830. The molecule has 0 aromatic rings. The molecule has 8 nitrogen and oxygen atoms in total. The van der Waals surface area contributed by atoms with Gasteiger partial charge in [0.1, 0.15) is 18.2 Å². The molecule has 1 spiro atoms. The molecule has 4 aliphatic rings. The fourth-order valence-corrected chi connectivity index (χ4v) is 7.45. The number of hydrogen-bond acceptors (Lipinski definition) is 6. The summed E-state index contributed by atoms with van der Waals surface area (Å²) in [6.45, 7) is 8.03. The summed E-state index contributed by atoms with van der Waals surface area (Å²) < 4.78 is 11.8. The largest absolute Gasteiger partial charge is 0.461 e. The van der Waals surface area contributed by atoms with Gasteiger partial charge in [-0.2, -0.15) is 0 Å². The van der Waals surface area contributed by atoms with Crippen molar-refractivity contribution in [3.63, 3.8) is 0 Å². The van der Waals surface area contributed by atoms with Crippen LogP contribution in [0.3, 0.4) is 0 Å².